The summed E-state index contributed by atoms with van der Waals surface area (Å²) in [6.45, 7) is 1.70. The van der Waals surface area contributed by atoms with Crippen molar-refractivity contribution in [2.75, 3.05) is 23.7 Å². The first kappa shape index (κ1) is 16.4. The van der Waals surface area contributed by atoms with E-state index in [9.17, 15) is 4.39 Å². The minimum atomic E-state index is -0.608. The number of nitrogen functional groups attached to an aromatic ring is 1. The summed E-state index contributed by atoms with van der Waals surface area (Å²) in [5, 5.41) is 7.60. The highest BCUT2D eigenvalue weighted by Crippen LogP contribution is 2.24. The zero-order valence-corrected chi connectivity index (χ0v) is 13.1. The Hall–Kier alpha value is -1.93. The molecule has 0 radical (unpaired) electrons. The van der Waals surface area contributed by atoms with Gasteiger partial charge in [0.25, 0.3) is 0 Å². The van der Waals surface area contributed by atoms with Crippen LogP contribution in [-0.2, 0) is 7.05 Å². The van der Waals surface area contributed by atoms with Gasteiger partial charge in [-0.1, -0.05) is 0 Å². The third-order valence-corrected chi connectivity index (χ3v) is 3.57. The van der Waals surface area contributed by atoms with E-state index < -0.39 is 5.82 Å². The molecule has 1 aliphatic rings. The number of nitrogens with two attached hydrogens (primary N) is 1. The fraction of sp³-hybridized carbons (Fsp3) is 0.462. The summed E-state index contributed by atoms with van der Waals surface area (Å²) >= 11 is 0. The molecule has 0 saturated carbocycles. The molecule has 1 fully saturated rings. The summed E-state index contributed by atoms with van der Waals surface area (Å²) in [5.74, 6) is -0.368. The van der Waals surface area contributed by atoms with Gasteiger partial charge in [-0.25, -0.2) is 9.37 Å². The van der Waals surface area contributed by atoms with Gasteiger partial charge < -0.3 is 16.0 Å². The molecule has 1 atom stereocenters. The highest BCUT2D eigenvalue weighted by Gasteiger charge is 2.22. The van der Waals surface area contributed by atoms with Crippen LogP contribution in [-0.4, -0.2) is 38.9 Å². The average molecular weight is 328 g/mol. The summed E-state index contributed by atoms with van der Waals surface area (Å²) in [5.41, 5.74) is 6.42. The van der Waals surface area contributed by atoms with E-state index in [1.165, 1.54) is 0 Å². The van der Waals surface area contributed by atoms with Crippen molar-refractivity contribution in [1.82, 2.24) is 25.1 Å². The lowest BCUT2D eigenvalue weighted by atomic mass is 10.2. The first-order valence-electron chi connectivity index (χ1n) is 6.91. The highest BCUT2D eigenvalue weighted by molar-refractivity contribution is 5.85. The van der Waals surface area contributed by atoms with Crippen LogP contribution in [0.2, 0.25) is 0 Å². The van der Waals surface area contributed by atoms with Crippen molar-refractivity contribution in [3.05, 3.63) is 24.4 Å². The largest absolute Gasteiger partial charge is 0.381 e. The van der Waals surface area contributed by atoms with Crippen molar-refractivity contribution >= 4 is 29.9 Å². The molecule has 0 aromatic carbocycles. The Balaban J connectivity index is 0.00000176. The van der Waals surface area contributed by atoms with Crippen LogP contribution in [0.1, 0.15) is 12.8 Å². The molecule has 22 heavy (non-hydrogen) atoms. The second kappa shape index (κ2) is 6.89. The Bertz CT molecular complexity index is 627. The fourth-order valence-electron chi connectivity index (χ4n) is 2.48. The Morgan fingerprint density at radius 3 is 2.91 bits per heavy atom. The van der Waals surface area contributed by atoms with Crippen LogP contribution in [0.4, 0.5) is 21.8 Å². The van der Waals surface area contributed by atoms with Crippen molar-refractivity contribution in [3.63, 3.8) is 0 Å². The smallest absolute Gasteiger partial charge is 0.232 e. The molecule has 120 valence electrons. The molecule has 0 amide bonds. The van der Waals surface area contributed by atoms with Crippen molar-refractivity contribution in [3.8, 4) is 0 Å². The predicted molar refractivity (Wildman–Crippen MR) is 84.9 cm³/mol. The number of aromatic nitrogens is 4. The van der Waals surface area contributed by atoms with Gasteiger partial charge in [-0.3, -0.25) is 4.68 Å². The van der Waals surface area contributed by atoms with Crippen molar-refractivity contribution in [2.45, 2.75) is 18.9 Å². The standard InChI is InChI=1S/C13H18FN7.ClH/c1-20-8-10(5-18-20)21(7-9-3-2-4-16-9)13-17-6-11(14)12(15)19-13;/h5-6,8-9,16H,2-4,7H2,1H3,(H2,15,17,19);1H/t9-;/m0./s1. The zero-order chi connectivity index (χ0) is 14.8. The number of rotatable bonds is 4. The number of nitrogens with zero attached hydrogens (tertiary/aromatic N) is 5. The van der Waals surface area contributed by atoms with Crippen LogP contribution in [0, 0.1) is 5.82 Å². The predicted octanol–water partition coefficient (Wildman–Crippen LogP) is 1.24. The van der Waals surface area contributed by atoms with Crippen LogP contribution in [0.5, 0.6) is 0 Å². The summed E-state index contributed by atoms with van der Waals surface area (Å²) in [6, 6.07) is 0.347. The molecule has 1 aliphatic heterocycles. The second-order valence-corrected chi connectivity index (χ2v) is 5.18. The van der Waals surface area contributed by atoms with Gasteiger partial charge in [-0.05, 0) is 19.4 Å². The Morgan fingerprint density at radius 2 is 2.32 bits per heavy atom. The second-order valence-electron chi connectivity index (χ2n) is 5.18. The van der Waals surface area contributed by atoms with Gasteiger partial charge in [-0.15, -0.1) is 12.4 Å². The molecule has 0 spiro atoms. The normalized spacial score (nSPS) is 17.3. The van der Waals surface area contributed by atoms with Crippen LogP contribution in [0.15, 0.2) is 18.6 Å². The first-order chi connectivity index (χ1) is 10.1. The SMILES string of the molecule is Cl.Cn1cc(N(C[C@@H]2CCCN2)c2ncc(F)c(N)n2)cn1. The molecule has 3 N–H and O–H groups in total. The third kappa shape index (κ3) is 3.45. The molecule has 7 nitrogen and oxygen atoms in total. The molecule has 0 aliphatic carbocycles. The monoisotopic (exact) mass is 327 g/mol. The van der Waals surface area contributed by atoms with Gasteiger partial charge in [0.1, 0.15) is 0 Å². The van der Waals surface area contributed by atoms with Crippen LogP contribution in [0.25, 0.3) is 0 Å². The van der Waals surface area contributed by atoms with Crippen molar-refractivity contribution in [1.29, 1.82) is 0 Å². The lowest BCUT2D eigenvalue weighted by molar-refractivity contribution is 0.597. The summed E-state index contributed by atoms with van der Waals surface area (Å²) < 4.78 is 15.0. The molecule has 2 aromatic rings. The van der Waals surface area contributed by atoms with E-state index >= 15 is 0 Å². The maximum absolute atomic E-state index is 13.3. The molecular weight excluding hydrogens is 309 g/mol. The first-order valence-corrected chi connectivity index (χ1v) is 6.91. The minimum absolute atomic E-state index is 0. The van der Waals surface area contributed by atoms with E-state index in [2.05, 4.69) is 20.4 Å². The molecule has 9 heteroatoms. The summed E-state index contributed by atoms with van der Waals surface area (Å²) in [7, 11) is 1.84. The van der Waals surface area contributed by atoms with E-state index in [4.69, 9.17) is 5.73 Å². The van der Waals surface area contributed by atoms with E-state index in [1.54, 1.807) is 10.9 Å². The van der Waals surface area contributed by atoms with E-state index in [0.29, 0.717) is 18.5 Å². The average Bonchev–Trinajstić information content (AvgIpc) is 3.11. The number of halogens is 2. The van der Waals surface area contributed by atoms with Gasteiger partial charge in [0.05, 0.1) is 18.1 Å². The lowest BCUT2D eigenvalue weighted by Crippen LogP contribution is -2.35. The molecule has 0 bridgehead atoms. The van der Waals surface area contributed by atoms with Crippen LogP contribution >= 0.6 is 12.4 Å². The van der Waals surface area contributed by atoms with Crippen LogP contribution in [0.3, 0.4) is 0 Å². The third-order valence-electron chi connectivity index (χ3n) is 3.57. The fourth-order valence-corrected chi connectivity index (χ4v) is 2.48. The molecular formula is C13H19ClFN7. The number of hydrogen-bond donors (Lipinski definition) is 2. The van der Waals surface area contributed by atoms with Gasteiger partial charge in [0.2, 0.25) is 5.95 Å². The Labute approximate surface area is 134 Å². The van der Waals surface area contributed by atoms with E-state index in [0.717, 1.165) is 31.3 Å². The quantitative estimate of drug-likeness (QED) is 0.879. The topological polar surface area (TPSA) is 84.9 Å². The zero-order valence-electron chi connectivity index (χ0n) is 12.2. The van der Waals surface area contributed by atoms with Crippen LogP contribution < -0.4 is 16.0 Å². The molecule has 3 rings (SSSR count). The number of hydrogen-bond acceptors (Lipinski definition) is 6. The van der Waals surface area contributed by atoms with Gasteiger partial charge in [0.15, 0.2) is 11.6 Å². The summed E-state index contributed by atoms with van der Waals surface area (Å²) in [6.07, 6.45) is 6.95. The molecule has 0 unspecified atom stereocenters. The Kier molecular flexibility index (Phi) is 5.15. The number of aryl methyl sites for hydroxylation is 1. The van der Waals surface area contributed by atoms with Gasteiger partial charge >= 0.3 is 0 Å². The number of nitrogens with one attached hydrogen (secondary N) is 1. The van der Waals surface area contributed by atoms with Crippen molar-refractivity contribution < 1.29 is 4.39 Å². The lowest BCUT2D eigenvalue weighted by Gasteiger charge is -2.24. The Morgan fingerprint density at radius 1 is 1.50 bits per heavy atom. The maximum atomic E-state index is 13.3. The van der Waals surface area contributed by atoms with Gasteiger partial charge in [-0.2, -0.15) is 10.1 Å². The maximum Gasteiger partial charge on any atom is 0.232 e. The highest BCUT2D eigenvalue weighted by atomic mass is 35.5. The summed E-state index contributed by atoms with van der Waals surface area (Å²) in [4.78, 5) is 10.0. The molecule has 3 heterocycles. The van der Waals surface area contributed by atoms with E-state index in [1.807, 2.05) is 18.1 Å². The molecule has 2 aromatic heterocycles. The number of anilines is 3. The van der Waals surface area contributed by atoms with Crippen molar-refractivity contribution in [2.24, 2.45) is 7.05 Å². The molecule has 1 saturated heterocycles. The minimum Gasteiger partial charge on any atom is -0.381 e. The van der Waals surface area contributed by atoms with E-state index in [-0.39, 0.29) is 18.2 Å². The van der Waals surface area contributed by atoms with Gasteiger partial charge in [0, 0.05) is 25.8 Å².